The Morgan fingerprint density at radius 1 is 1.13 bits per heavy atom. The summed E-state index contributed by atoms with van der Waals surface area (Å²) in [5.41, 5.74) is 5.15. The van der Waals surface area contributed by atoms with E-state index in [0.29, 0.717) is 5.69 Å². The lowest BCUT2D eigenvalue weighted by Crippen LogP contribution is -2.13. The molecule has 0 bridgehead atoms. The predicted molar refractivity (Wildman–Crippen MR) is 95.6 cm³/mol. The van der Waals surface area contributed by atoms with Crippen molar-refractivity contribution in [2.24, 2.45) is 0 Å². The van der Waals surface area contributed by atoms with Gasteiger partial charge in [0.15, 0.2) is 0 Å². The molecule has 2 N–H and O–H groups in total. The summed E-state index contributed by atoms with van der Waals surface area (Å²) in [7, 11) is 0. The van der Waals surface area contributed by atoms with Gasteiger partial charge in [-0.1, -0.05) is 40.2 Å². The highest BCUT2D eigenvalue weighted by molar-refractivity contribution is 9.10. The maximum absolute atomic E-state index is 12.4. The molecular weight excluding hydrogens is 354 g/mol. The molecule has 0 aliphatic carbocycles. The van der Waals surface area contributed by atoms with Gasteiger partial charge < -0.3 is 5.32 Å². The third-order valence-electron chi connectivity index (χ3n) is 3.82. The molecule has 0 saturated heterocycles. The monoisotopic (exact) mass is 369 g/mol. The van der Waals surface area contributed by atoms with Crippen LogP contribution in [0.4, 0.5) is 5.69 Å². The smallest absolute Gasteiger partial charge is 0.273 e. The van der Waals surface area contributed by atoms with E-state index >= 15 is 0 Å². The van der Waals surface area contributed by atoms with Crippen molar-refractivity contribution < 1.29 is 4.79 Å². The molecule has 0 aliphatic heterocycles. The minimum atomic E-state index is -0.199. The normalized spacial score (nSPS) is 10.6. The van der Waals surface area contributed by atoms with Crippen LogP contribution in [-0.4, -0.2) is 16.1 Å². The van der Waals surface area contributed by atoms with Gasteiger partial charge in [-0.2, -0.15) is 5.10 Å². The first-order valence-electron chi connectivity index (χ1n) is 7.23. The van der Waals surface area contributed by atoms with Gasteiger partial charge >= 0.3 is 0 Å². The second-order valence-corrected chi connectivity index (χ2v) is 6.29. The van der Waals surface area contributed by atoms with Gasteiger partial charge in [-0.15, -0.1) is 0 Å². The summed E-state index contributed by atoms with van der Waals surface area (Å²) < 4.78 is 1.00. The lowest BCUT2D eigenvalue weighted by Gasteiger charge is -2.09. The van der Waals surface area contributed by atoms with E-state index in [-0.39, 0.29) is 5.91 Å². The number of H-pyrrole nitrogens is 1. The SMILES string of the molecule is Cc1cccc(NC(=O)c2cc(-c3ccc(Br)cc3)n[nH]2)c1C. The van der Waals surface area contributed by atoms with Crippen molar-refractivity contribution in [1.29, 1.82) is 0 Å². The first-order chi connectivity index (χ1) is 11.0. The lowest BCUT2D eigenvalue weighted by atomic mass is 10.1. The van der Waals surface area contributed by atoms with E-state index in [4.69, 9.17) is 0 Å². The Morgan fingerprint density at radius 2 is 1.87 bits per heavy atom. The van der Waals surface area contributed by atoms with Crippen molar-refractivity contribution in [2.75, 3.05) is 5.32 Å². The Bertz CT molecular complexity index is 853. The Hall–Kier alpha value is -2.40. The molecule has 0 spiro atoms. The van der Waals surface area contributed by atoms with E-state index in [9.17, 15) is 4.79 Å². The van der Waals surface area contributed by atoms with Crippen molar-refractivity contribution in [2.45, 2.75) is 13.8 Å². The number of carbonyl (C=O) groups excluding carboxylic acids is 1. The predicted octanol–water partition coefficient (Wildman–Crippen LogP) is 4.71. The summed E-state index contributed by atoms with van der Waals surface area (Å²) in [5, 5.41) is 9.94. The minimum Gasteiger partial charge on any atom is -0.320 e. The number of benzene rings is 2. The summed E-state index contributed by atoms with van der Waals surface area (Å²) in [4.78, 5) is 12.4. The lowest BCUT2D eigenvalue weighted by molar-refractivity contribution is 0.102. The molecule has 3 rings (SSSR count). The van der Waals surface area contributed by atoms with Gasteiger partial charge in [-0.3, -0.25) is 9.89 Å². The van der Waals surface area contributed by atoms with Crippen molar-refractivity contribution >= 4 is 27.5 Å². The van der Waals surface area contributed by atoms with Crippen LogP contribution in [0.1, 0.15) is 21.6 Å². The molecule has 1 aromatic heterocycles. The Morgan fingerprint density at radius 3 is 2.61 bits per heavy atom. The van der Waals surface area contributed by atoms with Crippen molar-refractivity contribution in [3.63, 3.8) is 0 Å². The van der Waals surface area contributed by atoms with E-state index in [1.807, 2.05) is 56.3 Å². The fourth-order valence-corrected chi connectivity index (χ4v) is 2.55. The molecule has 116 valence electrons. The van der Waals surface area contributed by atoms with Gasteiger partial charge in [-0.05, 0) is 49.2 Å². The van der Waals surface area contributed by atoms with Crippen LogP contribution in [0, 0.1) is 13.8 Å². The number of anilines is 1. The second kappa shape index (κ2) is 6.38. The molecule has 1 amide bonds. The van der Waals surface area contributed by atoms with E-state index < -0.39 is 0 Å². The molecule has 0 aliphatic rings. The summed E-state index contributed by atoms with van der Waals surface area (Å²) in [5.74, 6) is -0.199. The van der Waals surface area contributed by atoms with Gasteiger partial charge in [0.2, 0.25) is 0 Å². The van der Waals surface area contributed by atoms with Crippen LogP contribution in [-0.2, 0) is 0 Å². The van der Waals surface area contributed by atoms with Crippen molar-refractivity contribution in [3.8, 4) is 11.3 Å². The summed E-state index contributed by atoms with van der Waals surface area (Å²) >= 11 is 3.40. The number of aryl methyl sites for hydroxylation is 1. The van der Waals surface area contributed by atoms with Crippen LogP contribution in [0.2, 0.25) is 0 Å². The summed E-state index contributed by atoms with van der Waals surface area (Å²) in [6.07, 6.45) is 0. The van der Waals surface area contributed by atoms with Crippen LogP contribution in [0.3, 0.4) is 0 Å². The molecular formula is C18H16BrN3O. The number of amides is 1. The quantitative estimate of drug-likeness (QED) is 0.702. The highest BCUT2D eigenvalue weighted by Crippen LogP contribution is 2.22. The van der Waals surface area contributed by atoms with Crippen LogP contribution in [0.15, 0.2) is 53.0 Å². The van der Waals surface area contributed by atoms with Gasteiger partial charge in [0.25, 0.3) is 5.91 Å². The second-order valence-electron chi connectivity index (χ2n) is 5.38. The van der Waals surface area contributed by atoms with Gasteiger partial charge in [0.05, 0.1) is 5.69 Å². The maximum atomic E-state index is 12.4. The number of aromatic amines is 1. The van der Waals surface area contributed by atoms with Gasteiger partial charge in [-0.25, -0.2) is 0 Å². The maximum Gasteiger partial charge on any atom is 0.273 e. The highest BCUT2D eigenvalue weighted by atomic mass is 79.9. The van der Waals surface area contributed by atoms with E-state index in [2.05, 4.69) is 31.4 Å². The number of nitrogens with one attached hydrogen (secondary N) is 2. The van der Waals surface area contributed by atoms with Crippen LogP contribution >= 0.6 is 15.9 Å². The standard InChI is InChI=1S/C18H16BrN3O/c1-11-4-3-5-15(12(11)2)20-18(23)17-10-16(21-22-17)13-6-8-14(19)9-7-13/h3-10H,1-2H3,(H,20,23)(H,21,22). The van der Waals surface area contributed by atoms with E-state index in [1.165, 1.54) is 0 Å². The first kappa shape index (κ1) is 15.5. The number of rotatable bonds is 3. The number of hydrogen-bond acceptors (Lipinski definition) is 2. The number of halogens is 1. The zero-order chi connectivity index (χ0) is 16.4. The van der Waals surface area contributed by atoms with Gasteiger partial charge in [0.1, 0.15) is 5.69 Å². The van der Waals surface area contributed by atoms with Crippen molar-refractivity contribution in [3.05, 3.63) is 69.8 Å². The summed E-state index contributed by atoms with van der Waals surface area (Å²) in [6, 6.07) is 15.4. The Labute approximate surface area is 143 Å². The van der Waals surface area contributed by atoms with Gasteiger partial charge in [0, 0.05) is 15.7 Å². The third kappa shape index (κ3) is 3.35. The number of carbonyl (C=O) groups is 1. The highest BCUT2D eigenvalue weighted by Gasteiger charge is 2.12. The van der Waals surface area contributed by atoms with Crippen molar-refractivity contribution in [1.82, 2.24) is 10.2 Å². The average Bonchev–Trinajstić information content (AvgIpc) is 3.02. The van der Waals surface area contributed by atoms with E-state index in [0.717, 1.165) is 32.5 Å². The fourth-order valence-electron chi connectivity index (χ4n) is 2.28. The topological polar surface area (TPSA) is 57.8 Å². The molecule has 0 saturated carbocycles. The largest absolute Gasteiger partial charge is 0.320 e. The molecule has 0 unspecified atom stereocenters. The number of aromatic nitrogens is 2. The Kier molecular flexibility index (Phi) is 4.30. The molecule has 5 heteroatoms. The fraction of sp³-hybridized carbons (Fsp3) is 0.111. The zero-order valence-corrected chi connectivity index (χ0v) is 14.4. The molecule has 2 aromatic carbocycles. The number of hydrogen-bond donors (Lipinski definition) is 2. The molecule has 0 radical (unpaired) electrons. The van der Waals surface area contributed by atoms with Crippen LogP contribution in [0.5, 0.6) is 0 Å². The summed E-state index contributed by atoms with van der Waals surface area (Å²) in [6.45, 7) is 4.01. The molecule has 0 fully saturated rings. The molecule has 1 heterocycles. The average molecular weight is 370 g/mol. The van der Waals surface area contributed by atoms with E-state index in [1.54, 1.807) is 6.07 Å². The first-order valence-corrected chi connectivity index (χ1v) is 8.03. The van der Waals surface area contributed by atoms with Crippen LogP contribution in [0.25, 0.3) is 11.3 Å². The molecule has 3 aromatic rings. The Balaban J connectivity index is 1.81. The molecule has 4 nitrogen and oxygen atoms in total. The molecule has 23 heavy (non-hydrogen) atoms. The minimum absolute atomic E-state index is 0.199. The molecule has 0 atom stereocenters. The van der Waals surface area contributed by atoms with Crippen LogP contribution < -0.4 is 5.32 Å². The number of nitrogens with zero attached hydrogens (tertiary/aromatic N) is 1. The third-order valence-corrected chi connectivity index (χ3v) is 4.34. The zero-order valence-electron chi connectivity index (χ0n) is 12.9.